The molecule has 0 saturated carbocycles. The maximum absolute atomic E-state index is 10.8. The minimum absolute atomic E-state index is 0.0501. The van der Waals surface area contributed by atoms with Gasteiger partial charge in [0.25, 0.3) is 0 Å². The second-order valence-electron chi connectivity index (χ2n) is 2.28. The lowest BCUT2D eigenvalue weighted by Gasteiger charge is -2.00. The van der Waals surface area contributed by atoms with Gasteiger partial charge in [-0.3, -0.25) is 0 Å². The van der Waals surface area contributed by atoms with E-state index in [0.29, 0.717) is 5.69 Å². The molecule has 72 valence electrons. The summed E-state index contributed by atoms with van der Waals surface area (Å²) in [5.41, 5.74) is 0.664. The van der Waals surface area contributed by atoms with Crippen molar-refractivity contribution < 1.29 is 19.1 Å². The van der Waals surface area contributed by atoms with Crippen LogP contribution in [0.3, 0.4) is 0 Å². The number of ether oxygens (including phenoxy) is 1. The minimum atomic E-state index is -0.698. The molecular formula is C7H10N2O4. The van der Waals surface area contributed by atoms with E-state index in [0.717, 1.165) is 0 Å². The molecule has 6 nitrogen and oxygen atoms in total. The number of hydrogen-bond acceptors (Lipinski definition) is 5. The van der Waals surface area contributed by atoms with Gasteiger partial charge >= 0.3 is 12.1 Å². The normalized spacial score (nSPS) is 9.69. The maximum Gasteiger partial charge on any atom is 0.415 e. The van der Waals surface area contributed by atoms with Gasteiger partial charge in [-0.15, -0.1) is 0 Å². The molecule has 1 heterocycles. The number of aliphatic hydroxyl groups excluding tert-OH is 1. The Kier molecular flexibility index (Phi) is 3.27. The fourth-order valence-electron chi connectivity index (χ4n) is 0.673. The molecule has 13 heavy (non-hydrogen) atoms. The smallest absolute Gasteiger partial charge is 0.415 e. The number of carbonyl (C=O) groups excluding carboxylic acids is 1. The van der Waals surface area contributed by atoms with Gasteiger partial charge in [0.2, 0.25) is 0 Å². The number of nitrogens with zero attached hydrogens (tertiary/aromatic N) is 1. The average molecular weight is 186 g/mol. The summed E-state index contributed by atoms with van der Waals surface area (Å²) in [4.78, 5) is 14.7. The van der Waals surface area contributed by atoms with Gasteiger partial charge in [0.05, 0.1) is 12.3 Å². The second kappa shape index (κ2) is 4.46. The molecule has 1 aromatic rings. The highest BCUT2D eigenvalue weighted by Gasteiger charge is 2.06. The Hall–Kier alpha value is -1.56. The van der Waals surface area contributed by atoms with Gasteiger partial charge in [-0.1, -0.05) is 0 Å². The van der Waals surface area contributed by atoms with E-state index in [9.17, 15) is 4.79 Å². The molecule has 1 aromatic heterocycles. The molecule has 1 rings (SSSR count). The summed E-state index contributed by atoms with van der Waals surface area (Å²) < 4.78 is 9.33. The zero-order chi connectivity index (χ0) is 9.68. The van der Waals surface area contributed by atoms with Crippen LogP contribution >= 0.6 is 0 Å². The lowest BCUT2D eigenvalue weighted by Crippen LogP contribution is -2.15. The fraction of sp³-hybridized carbons (Fsp3) is 0.429. The van der Waals surface area contributed by atoms with Crippen molar-refractivity contribution in [2.75, 3.05) is 18.5 Å². The topological polar surface area (TPSA) is 84.6 Å². The van der Waals surface area contributed by atoms with Crippen LogP contribution in [0.5, 0.6) is 0 Å². The summed E-state index contributed by atoms with van der Waals surface area (Å²) in [7, 11) is 0. The number of aliphatic hydroxyl groups is 1. The van der Waals surface area contributed by atoms with Crippen LogP contribution in [0.15, 0.2) is 10.7 Å². The summed E-state index contributed by atoms with van der Waals surface area (Å²) in [5, 5.41) is 10.6. The Balaban J connectivity index is 2.36. The van der Waals surface area contributed by atoms with Crippen LogP contribution in [0.1, 0.15) is 5.69 Å². The summed E-state index contributed by atoms with van der Waals surface area (Å²) >= 11 is 0. The number of carbonyl (C=O) groups is 1. The van der Waals surface area contributed by atoms with Crippen LogP contribution in [-0.4, -0.2) is 29.4 Å². The number of rotatable bonds is 3. The third kappa shape index (κ3) is 3.12. The van der Waals surface area contributed by atoms with Gasteiger partial charge in [0, 0.05) is 0 Å². The number of nitrogens with one attached hydrogen (secondary N) is 1. The molecule has 0 aromatic carbocycles. The monoisotopic (exact) mass is 186 g/mol. The van der Waals surface area contributed by atoms with Crippen molar-refractivity contribution in [2.45, 2.75) is 6.92 Å². The van der Waals surface area contributed by atoms with Gasteiger partial charge in [-0.25, -0.2) is 10.1 Å². The Morgan fingerprint density at radius 1 is 1.85 bits per heavy atom. The molecule has 0 aliphatic heterocycles. The van der Waals surface area contributed by atoms with E-state index in [1.807, 2.05) is 0 Å². The van der Waals surface area contributed by atoms with Crippen LogP contribution in [0.4, 0.5) is 10.8 Å². The number of anilines is 1. The summed E-state index contributed by atoms with van der Waals surface area (Å²) in [6.45, 7) is 1.47. The molecule has 0 atom stereocenters. The third-order valence-corrected chi connectivity index (χ3v) is 1.15. The molecule has 0 fully saturated rings. The minimum Gasteiger partial charge on any atom is -0.447 e. The van der Waals surface area contributed by atoms with Gasteiger partial charge in [0.15, 0.2) is 0 Å². The first-order valence-electron chi connectivity index (χ1n) is 3.69. The van der Waals surface area contributed by atoms with Crippen LogP contribution in [0.25, 0.3) is 0 Å². The van der Waals surface area contributed by atoms with Crippen LogP contribution in [0, 0.1) is 6.92 Å². The van der Waals surface area contributed by atoms with Gasteiger partial charge in [0.1, 0.15) is 12.9 Å². The molecule has 0 aliphatic carbocycles. The van der Waals surface area contributed by atoms with Crippen molar-refractivity contribution in [3.8, 4) is 0 Å². The first-order valence-corrected chi connectivity index (χ1v) is 3.69. The fourth-order valence-corrected chi connectivity index (χ4v) is 0.673. The standard InChI is InChI=1S/C7H10N2O4/c1-5-4-13-6(8-5)9-7(11)12-3-2-10/h4,10H,2-3H2,1H3,(H,8,9,11). The van der Waals surface area contributed by atoms with E-state index in [4.69, 9.17) is 9.52 Å². The highest BCUT2D eigenvalue weighted by Crippen LogP contribution is 2.05. The van der Waals surface area contributed by atoms with Crippen molar-refractivity contribution in [1.82, 2.24) is 4.98 Å². The molecule has 1 amide bonds. The highest BCUT2D eigenvalue weighted by atomic mass is 16.6. The van der Waals surface area contributed by atoms with E-state index in [1.54, 1.807) is 6.92 Å². The Morgan fingerprint density at radius 2 is 2.62 bits per heavy atom. The number of aromatic nitrogens is 1. The van der Waals surface area contributed by atoms with Crippen molar-refractivity contribution in [3.63, 3.8) is 0 Å². The molecule has 0 bridgehead atoms. The highest BCUT2D eigenvalue weighted by molar-refractivity contribution is 5.81. The Bertz CT molecular complexity index is 284. The molecule has 0 aliphatic rings. The lowest BCUT2D eigenvalue weighted by atomic mass is 10.6. The molecule has 6 heteroatoms. The lowest BCUT2D eigenvalue weighted by molar-refractivity contribution is 0.130. The molecule has 0 unspecified atom stereocenters. The van der Waals surface area contributed by atoms with E-state index >= 15 is 0 Å². The van der Waals surface area contributed by atoms with E-state index in [-0.39, 0.29) is 19.2 Å². The average Bonchev–Trinajstić information content (AvgIpc) is 2.48. The second-order valence-corrected chi connectivity index (χ2v) is 2.28. The van der Waals surface area contributed by atoms with Crippen molar-refractivity contribution in [2.24, 2.45) is 0 Å². The van der Waals surface area contributed by atoms with E-state index < -0.39 is 6.09 Å². The number of aryl methyl sites for hydroxylation is 1. The third-order valence-electron chi connectivity index (χ3n) is 1.15. The van der Waals surface area contributed by atoms with E-state index in [1.165, 1.54) is 6.26 Å². The van der Waals surface area contributed by atoms with Crippen LogP contribution in [-0.2, 0) is 4.74 Å². The quantitative estimate of drug-likeness (QED) is 0.719. The van der Waals surface area contributed by atoms with Crippen molar-refractivity contribution in [3.05, 3.63) is 12.0 Å². The Morgan fingerprint density at radius 3 is 3.15 bits per heavy atom. The first-order chi connectivity index (χ1) is 6.22. The number of oxazole rings is 1. The van der Waals surface area contributed by atoms with E-state index in [2.05, 4.69) is 15.0 Å². The maximum atomic E-state index is 10.8. The van der Waals surface area contributed by atoms with Crippen molar-refractivity contribution in [1.29, 1.82) is 0 Å². The van der Waals surface area contributed by atoms with Gasteiger partial charge in [-0.2, -0.15) is 4.98 Å². The molecule has 0 radical (unpaired) electrons. The van der Waals surface area contributed by atoms with Crippen molar-refractivity contribution >= 4 is 12.1 Å². The number of hydrogen-bond donors (Lipinski definition) is 2. The van der Waals surface area contributed by atoms with Crippen LogP contribution in [0.2, 0.25) is 0 Å². The van der Waals surface area contributed by atoms with Gasteiger partial charge < -0.3 is 14.3 Å². The SMILES string of the molecule is Cc1coc(NC(=O)OCCO)n1. The predicted molar refractivity (Wildman–Crippen MR) is 43.3 cm³/mol. The molecule has 0 saturated heterocycles. The summed E-state index contributed by atoms with van der Waals surface area (Å²) in [5.74, 6) is 0. The summed E-state index contributed by atoms with van der Waals surface area (Å²) in [6, 6.07) is 0.0837. The Labute approximate surface area is 74.5 Å². The number of amides is 1. The largest absolute Gasteiger partial charge is 0.447 e. The summed E-state index contributed by atoms with van der Waals surface area (Å²) in [6.07, 6.45) is 0.706. The predicted octanol–water partition coefficient (Wildman–Crippen LogP) is 0.524. The molecular weight excluding hydrogens is 176 g/mol. The zero-order valence-corrected chi connectivity index (χ0v) is 7.11. The van der Waals surface area contributed by atoms with Crippen LogP contribution < -0.4 is 5.32 Å². The van der Waals surface area contributed by atoms with Gasteiger partial charge in [-0.05, 0) is 6.92 Å². The first kappa shape index (κ1) is 9.53. The molecule has 2 N–H and O–H groups in total. The molecule has 0 spiro atoms. The zero-order valence-electron chi connectivity index (χ0n) is 7.11.